The van der Waals surface area contributed by atoms with Crippen molar-refractivity contribution in [3.05, 3.63) is 29.3 Å². The summed E-state index contributed by atoms with van der Waals surface area (Å²) in [7, 11) is 1.67. The zero-order valence-electron chi connectivity index (χ0n) is 13.3. The van der Waals surface area contributed by atoms with E-state index in [1.807, 2.05) is 13.0 Å². The lowest BCUT2D eigenvalue weighted by molar-refractivity contribution is -0.139. The molecule has 1 rings (SSSR count). The molecule has 0 bridgehead atoms. The molecule has 118 valence electrons. The Morgan fingerprint density at radius 2 is 2.14 bits per heavy atom. The summed E-state index contributed by atoms with van der Waals surface area (Å²) in [6.45, 7) is 7.41. The van der Waals surface area contributed by atoms with Crippen molar-refractivity contribution >= 4 is 17.7 Å². The first kappa shape index (κ1) is 17.9. The van der Waals surface area contributed by atoms with E-state index in [4.69, 9.17) is 9.47 Å². The van der Waals surface area contributed by atoms with Crippen LogP contribution in [0.25, 0.3) is 0 Å². The maximum atomic E-state index is 11.4. The maximum Gasteiger partial charge on any atom is 0.315 e. The zero-order chi connectivity index (χ0) is 15.7. The fraction of sp³-hybridized carbons (Fsp3) is 0.562. The lowest BCUT2D eigenvalue weighted by atomic mass is 10.0. The monoisotopic (exact) mass is 311 g/mol. The number of carbonyl (C=O) groups excluding carboxylic acids is 1. The van der Waals surface area contributed by atoms with E-state index >= 15 is 0 Å². The number of nitrogens with one attached hydrogen (secondary N) is 1. The Kier molecular flexibility index (Phi) is 8.23. The van der Waals surface area contributed by atoms with Crippen molar-refractivity contribution in [3.8, 4) is 5.75 Å². The van der Waals surface area contributed by atoms with Crippen molar-refractivity contribution in [1.82, 2.24) is 5.32 Å². The SMILES string of the molecule is CCNC(C)c1ccc(OC)c(CSCC(=O)OCC)c1. The third-order valence-corrected chi connectivity index (χ3v) is 4.05. The van der Waals surface area contributed by atoms with Gasteiger partial charge in [-0.2, -0.15) is 0 Å². The molecule has 0 amide bonds. The van der Waals surface area contributed by atoms with Crippen LogP contribution < -0.4 is 10.1 Å². The highest BCUT2D eigenvalue weighted by Gasteiger charge is 2.10. The van der Waals surface area contributed by atoms with Crippen LogP contribution in [0.2, 0.25) is 0 Å². The van der Waals surface area contributed by atoms with Crippen molar-refractivity contribution in [1.29, 1.82) is 0 Å². The van der Waals surface area contributed by atoms with Gasteiger partial charge in [-0.05, 0) is 38.1 Å². The topological polar surface area (TPSA) is 47.6 Å². The fourth-order valence-electron chi connectivity index (χ4n) is 2.05. The molecule has 1 N–H and O–H groups in total. The van der Waals surface area contributed by atoms with Gasteiger partial charge in [0.15, 0.2) is 0 Å². The maximum absolute atomic E-state index is 11.4. The molecule has 1 atom stereocenters. The highest BCUT2D eigenvalue weighted by atomic mass is 32.2. The number of ether oxygens (including phenoxy) is 2. The molecule has 0 aliphatic heterocycles. The summed E-state index contributed by atoms with van der Waals surface area (Å²) in [5.74, 6) is 1.79. The smallest absolute Gasteiger partial charge is 0.315 e. The van der Waals surface area contributed by atoms with E-state index in [2.05, 4.69) is 31.3 Å². The molecular weight excluding hydrogens is 286 g/mol. The van der Waals surface area contributed by atoms with Crippen LogP contribution in [0.3, 0.4) is 0 Å². The number of hydrogen-bond donors (Lipinski definition) is 1. The average Bonchev–Trinajstić information content (AvgIpc) is 2.47. The van der Waals surface area contributed by atoms with Crippen LogP contribution >= 0.6 is 11.8 Å². The highest BCUT2D eigenvalue weighted by Crippen LogP contribution is 2.27. The molecule has 0 aliphatic rings. The lowest BCUT2D eigenvalue weighted by Gasteiger charge is -2.16. The van der Waals surface area contributed by atoms with Crippen LogP contribution in [-0.4, -0.2) is 32.0 Å². The van der Waals surface area contributed by atoms with Gasteiger partial charge in [-0.15, -0.1) is 11.8 Å². The Balaban J connectivity index is 2.69. The minimum atomic E-state index is -0.168. The summed E-state index contributed by atoms with van der Waals surface area (Å²) in [6, 6.07) is 6.51. The average molecular weight is 311 g/mol. The first-order valence-corrected chi connectivity index (χ1v) is 8.41. The molecular formula is C16H25NO3S. The predicted molar refractivity (Wildman–Crippen MR) is 87.9 cm³/mol. The number of benzene rings is 1. The number of thioether (sulfide) groups is 1. The second kappa shape index (κ2) is 9.68. The van der Waals surface area contributed by atoms with Crippen molar-refractivity contribution < 1.29 is 14.3 Å². The van der Waals surface area contributed by atoms with Gasteiger partial charge in [-0.1, -0.05) is 13.0 Å². The van der Waals surface area contributed by atoms with E-state index in [9.17, 15) is 4.79 Å². The van der Waals surface area contributed by atoms with Crippen LogP contribution in [0.4, 0.5) is 0 Å². The minimum absolute atomic E-state index is 0.168. The normalized spacial score (nSPS) is 12.0. The molecule has 1 aromatic rings. The molecule has 0 heterocycles. The Bertz CT molecular complexity index is 451. The molecule has 4 nitrogen and oxygen atoms in total. The summed E-state index contributed by atoms with van der Waals surface area (Å²) < 4.78 is 10.3. The minimum Gasteiger partial charge on any atom is -0.496 e. The van der Waals surface area contributed by atoms with Crippen LogP contribution in [0, 0.1) is 0 Å². The van der Waals surface area contributed by atoms with Gasteiger partial charge in [0.05, 0.1) is 19.5 Å². The van der Waals surface area contributed by atoms with E-state index in [0.29, 0.717) is 18.4 Å². The number of esters is 1. The van der Waals surface area contributed by atoms with Crippen molar-refractivity contribution in [3.63, 3.8) is 0 Å². The first-order chi connectivity index (χ1) is 10.1. The van der Waals surface area contributed by atoms with Gasteiger partial charge in [0.25, 0.3) is 0 Å². The molecule has 21 heavy (non-hydrogen) atoms. The van der Waals surface area contributed by atoms with Gasteiger partial charge < -0.3 is 14.8 Å². The van der Waals surface area contributed by atoms with E-state index in [0.717, 1.165) is 23.6 Å². The Morgan fingerprint density at radius 1 is 1.38 bits per heavy atom. The molecule has 0 radical (unpaired) electrons. The molecule has 0 aromatic heterocycles. The third-order valence-electron chi connectivity index (χ3n) is 3.10. The van der Waals surface area contributed by atoms with Gasteiger partial charge in [-0.25, -0.2) is 0 Å². The predicted octanol–water partition coefficient (Wildman–Crippen LogP) is 3.16. The van der Waals surface area contributed by atoms with Gasteiger partial charge in [0.1, 0.15) is 5.75 Å². The van der Waals surface area contributed by atoms with E-state index in [1.165, 1.54) is 5.56 Å². The van der Waals surface area contributed by atoms with E-state index in [1.54, 1.807) is 18.9 Å². The Morgan fingerprint density at radius 3 is 2.76 bits per heavy atom. The molecule has 1 unspecified atom stereocenters. The molecule has 0 fully saturated rings. The molecule has 0 aliphatic carbocycles. The molecule has 5 heteroatoms. The summed E-state index contributed by atoms with van der Waals surface area (Å²) in [5, 5.41) is 3.40. The molecule has 0 saturated heterocycles. The van der Waals surface area contributed by atoms with Crippen LogP contribution in [0.1, 0.15) is 37.9 Å². The van der Waals surface area contributed by atoms with E-state index < -0.39 is 0 Å². The van der Waals surface area contributed by atoms with Crippen molar-refractivity contribution in [2.45, 2.75) is 32.6 Å². The summed E-state index contributed by atoms with van der Waals surface area (Å²) >= 11 is 1.54. The second-order valence-corrected chi connectivity index (χ2v) is 5.63. The van der Waals surface area contributed by atoms with Gasteiger partial charge in [-0.3, -0.25) is 4.79 Å². The molecule has 0 spiro atoms. The number of hydrogen-bond acceptors (Lipinski definition) is 5. The number of rotatable bonds is 9. The van der Waals surface area contributed by atoms with Crippen LogP contribution in [0.5, 0.6) is 5.75 Å². The standard InChI is InChI=1S/C16H25NO3S/c1-5-17-12(3)13-7-8-15(19-4)14(9-13)10-21-11-16(18)20-6-2/h7-9,12,17H,5-6,10-11H2,1-4H3. The number of carbonyl (C=O) groups is 1. The summed E-state index contributed by atoms with van der Waals surface area (Å²) in [4.78, 5) is 11.4. The van der Waals surface area contributed by atoms with Crippen molar-refractivity contribution in [2.75, 3.05) is 26.0 Å². The first-order valence-electron chi connectivity index (χ1n) is 7.25. The Hall–Kier alpha value is -1.20. The summed E-state index contributed by atoms with van der Waals surface area (Å²) in [6.07, 6.45) is 0. The molecule has 0 saturated carbocycles. The van der Waals surface area contributed by atoms with Gasteiger partial charge in [0, 0.05) is 17.4 Å². The third kappa shape index (κ3) is 5.98. The second-order valence-electron chi connectivity index (χ2n) is 4.65. The van der Waals surface area contributed by atoms with Crippen molar-refractivity contribution in [2.24, 2.45) is 0 Å². The van der Waals surface area contributed by atoms with E-state index in [-0.39, 0.29) is 5.97 Å². The summed E-state index contributed by atoms with van der Waals surface area (Å²) in [5.41, 5.74) is 2.33. The van der Waals surface area contributed by atoms with Gasteiger partial charge >= 0.3 is 5.97 Å². The Labute approximate surface area is 131 Å². The highest BCUT2D eigenvalue weighted by molar-refractivity contribution is 7.99. The van der Waals surface area contributed by atoms with Crippen LogP contribution in [-0.2, 0) is 15.3 Å². The largest absolute Gasteiger partial charge is 0.496 e. The quantitative estimate of drug-likeness (QED) is 0.710. The number of methoxy groups -OCH3 is 1. The molecule has 1 aromatic carbocycles. The lowest BCUT2D eigenvalue weighted by Crippen LogP contribution is -2.17. The van der Waals surface area contributed by atoms with Crippen LogP contribution in [0.15, 0.2) is 18.2 Å². The zero-order valence-corrected chi connectivity index (χ0v) is 14.1. The van der Waals surface area contributed by atoms with Gasteiger partial charge in [0.2, 0.25) is 0 Å². The fourth-order valence-corrected chi connectivity index (χ4v) is 2.85.